The maximum Gasteiger partial charge on any atom is 0.220 e. The van der Waals surface area contributed by atoms with Crippen molar-refractivity contribution in [2.45, 2.75) is 0 Å². The molecule has 4 aromatic heterocycles. The van der Waals surface area contributed by atoms with Crippen molar-refractivity contribution >= 4 is 71.6 Å². The van der Waals surface area contributed by atoms with E-state index in [4.69, 9.17) is 9.40 Å². The van der Waals surface area contributed by atoms with E-state index in [1.807, 2.05) is 6.07 Å². The first-order valence-electron chi connectivity index (χ1n) is 14.2. The Bertz CT molecular complexity index is 2650. The van der Waals surface area contributed by atoms with Gasteiger partial charge in [0.15, 0.2) is 5.58 Å². The van der Waals surface area contributed by atoms with Crippen LogP contribution >= 0.6 is 0 Å². The summed E-state index contributed by atoms with van der Waals surface area (Å²) in [4.78, 5) is 5.08. The van der Waals surface area contributed by atoms with Gasteiger partial charge in [-0.25, -0.2) is 4.98 Å². The standard InChI is InChI=1S/C37H22N4O/c1-4-14-29-24(10-1)25-11-2-5-15-30(25)39(29)23-20-21-35-27(22-23)26-12-9-19-34(36(26)42-35)41-33-18-8-7-17-32(33)40-31-16-6-3-13-28(31)38-37(40)41/h1-22H. The molecule has 0 saturated heterocycles. The van der Waals surface area contributed by atoms with Gasteiger partial charge in [-0.1, -0.05) is 72.8 Å². The number of aromatic nitrogens is 4. The van der Waals surface area contributed by atoms with Crippen molar-refractivity contribution in [2.24, 2.45) is 0 Å². The van der Waals surface area contributed by atoms with Crippen molar-refractivity contribution in [1.29, 1.82) is 0 Å². The fraction of sp³-hybridized carbons (Fsp3) is 0. The highest BCUT2D eigenvalue weighted by molar-refractivity contribution is 6.11. The third kappa shape index (κ3) is 2.74. The topological polar surface area (TPSA) is 40.3 Å². The minimum atomic E-state index is 0.849. The first-order valence-corrected chi connectivity index (χ1v) is 14.2. The van der Waals surface area contributed by atoms with Crippen molar-refractivity contribution < 1.29 is 4.42 Å². The van der Waals surface area contributed by atoms with Crippen LogP contribution in [0.25, 0.3) is 83.0 Å². The molecule has 5 nitrogen and oxygen atoms in total. The van der Waals surface area contributed by atoms with Crippen LogP contribution in [0.4, 0.5) is 0 Å². The Morgan fingerprint density at radius 3 is 1.90 bits per heavy atom. The third-order valence-corrected chi connectivity index (χ3v) is 8.65. The summed E-state index contributed by atoms with van der Waals surface area (Å²) < 4.78 is 13.5. The van der Waals surface area contributed by atoms with Gasteiger partial charge in [0.2, 0.25) is 5.78 Å². The van der Waals surface area contributed by atoms with E-state index in [9.17, 15) is 0 Å². The van der Waals surface area contributed by atoms with Crippen LogP contribution in [0.3, 0.4) is 0 Å². The van der Waals surface area contributed by atoms with Crippen LogP contribution in [0.5, 0.6) is 0 Å². The maximum absolute atomic E-state index is 6.66. The van der Waals surface area contributed by atoms with Crippen LogP contribution in [0.2, 0.25) is 0 Å². The van der Waals surface area contributed by atoms with Crippen LogP contribution in [0, 0.1) is 0 Å². The Morgan fingerprint density at radius 1 is 0.476 bits per heavy atom. The smallest absolute Gasteiger partial charge is 0.220 e. The lowest BCUT2D eigenvalue weighted by atomic mass is 10.1. The van der Waals surface area contributed by atoms with Crippen LogP contribution in [-0.4, -0.2) is 18.5 Å². The largest absolute Gasteiger partial charge is 0.454 e. The number of para-hydroxylation sites is 7. The highest BCUT2D eigenvalue weighted by Crippen LogP contribution is 2.38. The van der Waals surface area contributed by atoms with Crippen molar-refractivity contribution in [1.82, 2.24) is 18.5 Å². The molecule has 10 rings (SSSR count). The van der Waals surface area contributed by atoms with Gasteiger partial charge >= 0.3 is 0 Å². The number of rotatable bonds is 2. The monoisotopic (exact) mass is 538 g/mol. The third-order valence-electron chi connectivity index (χ3n) is 8.65. The zero-order chi connectivity index (χ0) is 27.4. The fourth-order valence-corrected chi connectivity index (χ4v) is 6.88. The zero-order valence-electron chi connectivity index (χ0n) is 22.4. The van der Waals surface area contributed by atoms with E-state index in [1.165, 1.54) is 21.8 Å². The molecule has 4 heterocycles. The van der Waals surface area contributed by atoms with Crippen LogP contribution in [-0.2, 0) is 0 Å². The summed E-state index contributed by atoms with van der Waals surface area (Å²) in [5.74, 6) is 0.872. The molecule has 6 aromatic carbocycles. The average molecular weight is 539 g/mol. The molecule has 5 heteroatoms. The molecule has 0 saturated carbocycles. The number of hydrogen-bond donors (Lipinski definition) is 0. The van der Waals surface area contributed by atoms with Crippen molar-refractivity contribution in [2.75, 3.05) is 0 Å². The second kappa shape index (κ2) is 7.89. The van der Waals surface area contributed by atoms with E-state index in [2.05, 4.69) is 141 Å². The molecule has 0 aliphatic rings. The molecule has 196 valence electrons. The SMILES string of the molecule is c1ccc2c(c1)nc1n(-c3cccc4c3oc3ccc(-n5c6ccccc6c6ccccc65)cc34)c3ccccc3n21. The van der Waals surface area contributed by atoms with Gasteiger partial charge in [0.25, 0.3) is 0 Å². The number of fused-ring (bicyclic) bond motifs is 11. The number of furan rings is 1. The van der Waals surface area contributed by atoms with Gasteiger partial charge in [0.1, 0.15) is 5.58 Å². The molecular weight excluding hydrogens is 516 g/mol. The summed E-state index contributed by atoms with van der Waals surface area (Å²) >= 11 is 0. The predicted molar refractivity (Wildman–Crippen MR) is 171 cm³/mol. The summed E-state index contributed by atoms with van der Waals surface area (Å²) in [6.45, 7) is 0. The first-order chi connectivity index (χ1) is 20.8. The normalized spacial score (nSPS) is 12.3. The van der Waals surface area contributed by atoms with Crippen molar-refractivity contribution in [3.05, 3.63) is 133 Å². The molecule has 0 amide bonds. The highest BCUT2D eigenvalue weighted by atomic mass is 16.3. The highest BCUT2D eigenvalue weighted by Gasteiger charge is 2.21. The molecular formula is C37H22N4O. The summed E-state index contributed by atoms with van der Waals surface area (Å²) in [6.07, 6.45) is 0. The van der Waals surface area contributed by atoms with Gasteiger partial charge in [-0.05, 0) is 60.7 Å². The number of imidazole rings is 2. The van der Waals surface area contributed by atoms with E-state index in [0.29, 0.717) is 0 Å². The van der Waals surface area contributed by atoms with E-state index in [-0.39, 0.29) is 0 Å². The van der Waals surface area contributed by atoms with Crippen LogP contribution in [0.1, 0.15) is 0 Å². The lowest BCUT2D eigenvalue weighted by Crippen LogP contribution is -1.95. The van der Waals surface area contributed by atoms with Gasteiger partial charge in [0, 0.05) is 27.2 Å². The number of nitrogens with zero attached hydrogens (tertiary/aromatic N) is 4. The summed E-state index contributed by atoms with van der Waals surface area (Å²) in [5, 5.41) is 4.68. The molecule has 0 unspecified atom stereocenters. The molecule has 0 aliphatic heterocycles. The van der Waals surface area contributed by atoms with Gasteiger partial charge in [-0.3, -0.25) is 8.97 Å². The lowest BCUT2D eigenvalue weighted by molar-refractivity contribution is 0.666. The van der Waals surface area contributed by atoms with Crippen molar-refractivity contribution in [3.8, 4) is 11.4 Å². The zero-order valence-corrected chi connectivity index (χ0v) is 22.4. The van der Waals surface area contributed by atoms with Gasteiger partial charge in [-0.2, -0.15) is 0 Å². The maximum atomic E-state index is 6.66. The van der Waals surface area contributed by atoms with E-state index in [0.717, 1.165) is 61.2 Å². The lowest BCUT2D eigenvalue weighted by Gasteiger charge is -2.08. The Kier molecular flexibility index (Phi) is 4.12. The average Bonchev–Trinajstić information content (AvgIpc) is 3.78. The Balaban J connectivity index is 1.27. The minimum absolute atomic E-state index is 0.849. The molecule has 42 heavy (non-hydrogen) atoms. The molecule has 0 atom stereocenters. The molecule has 0 fully saturated rings. The second-order valence-electron chi connectivity index (χ2n) is 10.9. The fourth-order valence-electron chi connectivity index (χ4n) is 6.88. The summed E-state index contributed by atoms with van der Waals surface area (Å²) in [7, 11) is 0. The molecule has 0 N–H and O–H groups in total. The first kappa shape index (κ1) is 21.9. The Labute approximate surface area is 239 Å². The Hall–Kier alpha value is -5.81. The van der Waals surface area contributed by atoms with E-state index < -0.39 is 0 Å². The summed E-state index contributed by atoms with van der Waals surface area (Å²) in [6, 6.07) is 46.9. The molecule has 10 aromatic rings. The molecule has 0 spiro atoms. The predicted octanol–water partition coefficient (Wildman–Crippen LogP) is 9.43. The number of hydrogen-bond acceptors (Lipinski definition) is 2. The second-order valence-corrected chi connectivity index (χ2v) is 10.9. The van der Waals surface area contributed by atoms with Crippen molar-refractivity contribution in [3.63, 3.8) is 0 Å². The molecule has 0 radical (unpaired) electrons. The van der Waals surface area contributed by atoms with Gasteiger partial charge in [0.05, 0.1) is 38.8 Å². The molecule has 0 aliphatic carbocycles. The van der Waals surface area contributed by atoms with Gasteiger partial charge in [-0.15, -0.1) is 0 Å². The minimum Gasteiger partial charge on any atom is -0.454 e. The quantitative estimate of drug-likeness (QED) is 0.220. The van der Waals surface area contributed by atoms with E-state index in [1.54, 1.807) is 0 Å². The van der Waals surface area contributed by atoms with Crippen LogP contribution in [0.15, 0.2) is 138 Å². The van der Waals surface area contributed by atoms with Gasteiger partial charge < -0.3 is 8.98 Å². The Morgan fingerprint density at radius 2 is 1.12 bits per heavy atom. The number of benzene rings is 6. The molecule has 0 bridgehead atoms. The van der Waals surface area contributed by atoms with Crippen LogP contribution < -0.4 is 0 Å². The summed E-state index contributed by atoms with van der Waals surface area (Å²) in [5.41, 5.74) is 10.5. The van der Waals surface area contributed by atoms with E-state index >= 15 is 0 Å².